The predicted molar refractivity (Wildman–Crippen MR) is 55.2 cm³/mol. The van der Waals surface area contributed by atoms with Crippen LogP contribution in [0, 0.1) is 6.92 Å². The summed E-state index contributed by atoms with van der Waals surface area (Å²) < 4.78 is 0.908. The van der Waals surface area contributed by atoms with Crippen LogP contribution in [0.1, 0.15) is 5.56 Å². The Morgan fingerprint density at radius 1 is 1.54 bits per heavy atom. The Kier molecular flexibility index (Phi) is 3.27. The second-order valence-electron chi connectivity index (χ2n) is 2.56. The van der Waals surface area contributed by atoms with Crippen molar-refractivity contribution < 1.29 is 4.79 Å². The molecule has 70 valence electrons. The summed E-state index contributed by atoms with van der Waals surface area (Å²) in [5.74, 6) is 4.93. The molecule has 1 aromatic rings. The highest BCUT2D eigenvalue weighted by Crippen LogP contribution is 2.20. The van der Waals surface area contributed by atoms with Crippen molar-refractivity contribution in [2.45, 2.75) is 6.92 Å². The maximum Gasteiger partial charge on any atom is 0.333 e. The van der Waals surface area contributed by atoms with Gasteiger partial charge in [-0.15, -0.1) is 0 Å². The lowest BCUT2D eigenvalue weighted by atomic mass is 10.2. The molecule has 0 radical (unpaired) electrons. The van der Waals surface area contributed by atoms with Crippen molar-refractivity contribution in [2.24, 2.45) is 5.84 Å². The number of aryl methyl sites for hydroxylation is 1. The van der Waals surface area contributed by atoms with E-state index in [-0.39, 0.29) is 0 Å². The van der Waals surface area contributed by atoms with Crippen LogP contribution in [0.15, 0.2) is 22.7 Å². The Labute approximate surface area is 84.6 Å². The van der Waals surface area contributed by atoms with E-state index in [1.54, 1.807) is 0 Å². The average molecular weight is 244 g/mol. The van der Waals surface area contributed by atoms with E-state index in [4.69, 9.17) is 5.84 Å². The maximum absolute atomic E-state index is 10.9. The highest BCUT2D eigenvalue weighted by Gasteiger charge is 2.02. The molecule has 2 amide bonds. The molecule has 0 aliphatic carbocycles. The second kappa shape index (κ2) is 4.25. The van der Waals surface area contributed by atoms with E-state index in [2.05, 4.69) is 21.2 Å². The van der Waals surface area contributed by atoms with Crippen molar-refractivity contribution in [3.63, 3.8) is 0 Å². The number of hydrogen-bond donors (Lipinski definition) is 3. The highest BCUT2D eigenvalue weighted by atomic mass is 79.9. The van der Waals surface area contributed by atoms with Crippen molar-refractivity contribution >= 4 is 27.6 Å². The molecule has 1 aromatic carbocycles. The smallest absolute Gasteiger partial charge is 0.307 e. The van der Waals surface area contributed by atoms with Crippen LogP contribution >= 0.6 is 15.9 Å². The maximum atomic E-state index is 10.9. The number of nitrogens with two attached hydrogens (primary N) is 1. The van der Waals surface area contributed by atoms with Crippen molar-refractivity contribution in [1.29, 1.82) is 0 Å². The highest BCUT2D eigenvalue weighted by molar-refractivity contribution is 9.10. The number of carbonyl (C=O) groups is 1. The summed E-state index contributed by atoms with van der Waals surface area (Å²) in [5.41, 5.74) is 3.71. The van der Waals surface area contributed by atoms with Gasteiger partial charge in [0.15, 0.2) is 0 Å². The van der Waals surface area contributed by atoms with E-state index in [1.165, 1.54) is 0 Å². The molecule has 5 heteroatoms. The van der Waals surface area contributed by atoms with Crippen molar-refractivity contribution in [1.82, 2.24) is 5.43 Å². The summed E-state index contributed by atoms with van der Waals surface area (Å²) in [4.78, 5) is 10.9. The number of anilines is 1. The average Bonchev–Trinajstić information content (AvgIpc) is 2.11. The fourth-order valence-electron chi connectivity index (χ4n) is 0.887. The van der Waals surface area contributed by atoms with Crippen molar-refractivity contribution in [3.8, 4) is 0 Å². The first-order valence-corrected chi connectivity index (χ1v) is 4.46. The fraction of sp³-hybridized carbons (Fsp3) is 0.125. The minimum atomic E-state index is -0.429. The summed E-state index contributed by atoms with van der Waals surface area (Å²) in [6, 6.07) is 5.18. The molecule has 0 saturated carbocycles. The molecule has 13 heavy (non-hydrogen) atoms. The SMILES string of the molecule is Cc1ccc(Br)cc1NC(=O)NN. The number of nitrogens with one attached hydrogen (secondary N) is 2. The standard InChI is InChI=1S/C8H10BrN3O/c1-5-2-3-6(9)4-7(5)11-8(13)12-10/h2-4H,10H2,1H3,(H2,11,12,13). The summed E-state index contributed by atoms with van der Waals surface area (Å²) in [5, 5.41) is 2.60. The van der Waals surface area contributed by atoms with Gasteiger partial charge in [-0.2, -0.15) is 0 Å². The van der Waals surface area contributed by atoms with Crippen molar-refractivity contribution in [3.05, 3.63) is 28.2 Å². The zero-order chi connectivity index (χ0) is 9.84. The number of urea groups is 1. The molecule has 0 bridgehead atoms. The molecule has 0 aliphatic heterocycles. The molecular formula is C8H10BrN3O. The Morgan fingerprint density at radius 2 is 2.23 bits per heavy atom. The third-order valence-corrected chi connectivity index (χ3v) is 2.07. The number of amides is 2. The molecule has 4 N–H and O–H groups in total. The van der Waals surface area contributed by atoms with Gasteiger partial charge in [0.05, 0.1) is 0 Å². The van der Waals surface area contributed by atoms with Crippen LogP contribution in [-0.4, -0.2) is 6.03 Å². The molecule has 0 fully saturated rings. The van der Waals surface area contributed by atoms with E-state index >= 15 is 0 Å². The van der Waals surface area contributed by atoms with E-state index < -0.39 is 6.03 Å². The van der Waals surface area contributed by atoms with Crippen LogP contribution in [0.2, 0.25) is 0 Å². The first-order valence-electron chi connectivity index (χ1n) is 3.67. The summed E-state index contributed by atoms with van der Waals surface area (Å²) in [6.45, 7) is 1.90. The number of hydrogen-bond acceptors (Lipinski definition) is 2. The third kappa shape index (κ3) is 2.71. The van der Waals surface area contributed by atoms with Gasteiger partial charge in [0, 0.05) is 10.2 Å². The molecule has 0 heterocycles. The van der Waals surface area contributed by atoms with E-state index in [9.17, 15) is 4.79 Å². The van der Waals surface area contributed by atoms with Crippen LogP contribution in [0.5, 0.6) is 0 Å². The number of benzene rings is 1. The van der Waals surface area contributed by atoms with Crippen LogP contribution in [-0.2, 0) is 0 Å². The first-order chi connectivity index (χ1) is 6.13. The molecule has 4 nitrogen and oxygen atoms in total. The van der Waals surface area contributed by atoms with E-state index in [1.807, 2.05) is 30.5 Å². The van der Waals surface area contributed by atoms with Crippen LogP contribution < -0.4 is 16.6 Å². The van der Waals surface area contributed by atoms with E-state index in [0.717, 1.165) is 15.7 Å². The minimum absolute atomic E-state index is 0.429. The number of rotatable bonds is 1. The normalized spacial score (nSPS) is 9.46. The molecule has 0 aromatic heterocycles. The second-order valence-corrected chi connectivity index (χ2v) is 3.47. The number of halogens is 1. The van der Waals surface area contributed by atoms with Gasteiger partial charge in [0.1, 0.15) is 0 Å². The largest absolute Gasteiger partial charge is 0.333 e. The van der Waals surface area contributed by atoms with Crippen LogP contribution in [0.4, 0.5) is 10.5 Å². The first kappa shape index (κ1) is 10.0. The Hall–Kier alpha value is -1.07. The molecule has 0 saturated heterocycles. The Bertz CT molecular complexity index is 327. The van der Waals surface area contributed by atoms with Crippen molar-refractivity contribution in [2.75, 3.05) is 5.32 Å². The third-order valence-electron chi connectivity index (χ3n) is 1.58. The zero-order valence-corrected chi connectivity index (χ0v) is 8.68. The molecule has 0 unspecified atom stereocenters. The Morgan fingerprint density at radius 3 is 2.85 bits per heavy atom. The number of hydrazine groups is 1. The van der Waals surface area contributed by atoms with Gasteiger partial charge in [-0.25, -0.2) is 10.6 Å². The van der Waals surface area contributed by atoms with Crippen LogP contribution in [0.3, 0.4) is 0 Å². The molecule has 0 spiro atoms. The zero-order valence-electron chi connectivity index (χ0n) is 7.10. The topological polar surface area (TPSA) is 67.2 Å². The fourth-order valence-corrected chi connectivity index (χ4v) is 1.25. The van der Waals surface area contributed by atoms with Gasteiger partial charge in [-0.05, 0) is 24.6 Å². The predicted octanol–water partition coefficient (Wildman–Crippen LogP) is 1.75. The lowest BCUT2D eigenvalue weighted by molar-refractivity contribution is 0.252. The van der Waals surface area contributed by atoms with Gasteiger partial charge < -0.3 is 5.32 Å². The molecule has 0 aliphatic rings. The minimum Gasteiger partial charge on any atom is -0.307 e. The van der Waals surface area contributed by atoms with Gasteiger partial charge in [0.25, 0.3) is 0 Å². The van der Waals surface area contributed by atoms with Gasteiger partial charge in [-0.3, -0.25) is 5.43 Å². The summed E-state index contributed by atoms with van der Waals surface area (Å²) >= 11 is 3.31. The van der Waals surface area contributed by atoms with Gasteiger partial charge in [0.2, 0.25) is 0 Å². The quantitative estimate of drug-likeness (QED) is 0.400. The van der Waals surface area contributed by atoms with Gasteiger partial charge in [-0.1, -0.05) is 22.0 Å². The monoisotopic (exact) mass is 243 g/mol. The Balaban J connectivity index is 2.87. The lowest BCUT2D eigenvalue weighted by Crippen LogP contribution is -2.34. The van der Waals surface area contributed by atoms with E-state index in [0.29, 0.717) is 0 Å². The molecular weight excluding hydrogens is 234 g/mol. The summed E-state index contributed by atoms with van der Waals surface area (Å²) in [7, 11) is 0. The molecule has 0 atom stereocenters. The summed E-state index contributed by atoms with van der Waals surface area (Å²) in [6.07, 6.45) is 0. The number of carbonyl (C=O) groups excluding carboxylic acids is 1. The van der Waals surface area contributed by atoms with Crippen LogP contribution in [0.25, 0.3) is 0 Å². The lowest BCUT2D eigenvalue weighted by Gasteiger charge is -2.07. The van der Waals surface area contributed by atoms with Gasteiger partial charge >= 0.3 is 6.03 Å². The molecule has 1 rings (SSSR count).